The molecule has 0 aliphatic heterocycles. The van der Waals surface area contributed by atoms with Crippen LogP contribution in [0.25, 0.3) is 10.9 Å². The van der Waals surface area contributed by atoms with Crippen molar-refractivity contribution in [3.63, 3.8) is 0 Å². The van der Waals surface area contributed by atoms with Gasteiger partial charge < -0.3 is 15.5 Å². The third kappa shape index (κ3) is 2.22. The van der Waals surface area contributed by atoms with Crippen molar-refractivity contribution in [2.24, 2.45) is 11.8 Å². The Balaban J connectivity index is 1.70. The van der Waals surface area contributed by atoms with E-state index in [1.165, 1.54) is 6.20 Å². The molecule has 1 aromatic heterocycles. The predicted octanol–water partition coefficient (Wildman–Crippen LogP) is 2.45. The zero-order chi connectivity index (χ0) is 17.3. The summed E-state index contributed by atoms with van der Waals surface area (Å²) in [6, 6.07) is 1.72. The number of carbonyl (C=O) groups is 1. The Morgan fingerprint density at radius 1 is 1.33 bits per heavy atom. The molecule has 1 aromatic carbocycles. The number of nitrogens with one attached hydrogen (secondary N) is 2. The van der Waals surface area contributed by atoms with Gasteiger partial charge in [-0.05, 0) is 42.4 Å². The molecule has 9 heteroatoms. The molecule has 1 amide bonds. The SMILES string of the molecule is O=C(O)N[C@@H]1[C@@H]2C[C@@](O)(c3cc(C(F)(F)F)cc4[nH]ncc34)C[C@@H]21. The predicted molar refractivity (Wildman–Crippen MR) is 76.2 cm³/mol. The van der Waals surface area contributed by atoms with Crippen LogP contribution in [0.15, 0.2) is 18.3 Å². The van der Waals surface area contributed by atoms with Crippen molar-refractivity contribution < 1.29 is 28.2 Å². The number of alkyl halides is 3. The molecule has 2 saturated carbocycles. The first-order chi connectivity index (χ1) is 11.2. The van der Waals surface area contributed by atoms with Crippen molar-refractivity contribution >= 4 is 17.0 Å². The highest BCUT2D eigenvalue weighted by atomic mass is 19.4. The summed E-state index contributed by atoms with van der Waals surface area (Å²) in [6.45, 7) is 0. The van der Waals surface area contributed by atoms with E-state index in [-0.39, 0.29) is 41.8 Å². The number of benzene rings is 1. The molecular formula is C15H14F3N3O3. The van der Waals surface area contributed by atoms with Gasteiger partial charge in [0.25, 0.3) is 0 Å². The van der Waals surface area contributed by atoms with E-state index in [1.54, 1.807) is 0 Å². The number of hydrogen-bond acceptors (Lipinski definition) is 3. The molecule has 2 aliphatic rings. The normalized spacial score (nSPS) is 31.9. The first kappa shape index (κ1) is 15.3. The number of amides is 1. The quantitative estimate of drug-likeness (QED) is 0.674. The average Bonchev–Trinajstić information content (AvgIpc) is 2.89. The van der Waals surface area contributed by atoms with E-state index in [2.05, 4.69) is 15.5 Å². The van der Waals surface area contributed by atoms with Gasteiger partial charge in [-0.25, -0.2) is 4.79 Å². The van der Waals surface area contributed by atoms with Gasteiger partial charge in [-0.2, -0.15) is 18.3 Å². The highest BCUT2D eigenvalue weighted by Gasteiger charge is 2.62. The van der Waals surface area contributed by atoms with Gasteiger partial charge in [-0.15, -0.1) is 0 Å². The van der Waals surface area contributed by atoms with Gasteiger partial charge in [0.2, 0.25) is 0 Å². The van der Waals surface area contributed by atoms with Crippen molar-refractivity contribution in [1.82, 2.24) is 15.5 Å². The molecule has 0 bridgehead atoms. The average molecular weight is 341 g/mol. The molecule has 2 fully saturated rings. The summed E-state index contributed by atoms with van der Waals surface area (Å²) in [5.41, 5.74) is -1.84. The van der Waals surface area contributed by atoms with E-state index in [0.717, 1.165) is 12.1 Å². The highest BCUT2D eigenvalue weighted by Crippen LogP contribution is 2.60. The molecule has 6 nitrogen and oxygen atoms in total. The van der Waals surface area contributed by atoms with Gasteiger partial charge in [0.15, 0.2) is 0 Å². The number of rotatable bonds is 2. The molecule has 24 heavy (non-hydrogen) atoms. The van der Waals surface area contributed by atoms with Crippen LogP contribution in [0, 0.1) is 11.8 Å². The fraction of sp³-hybridized carbons (Fsp3) is 0.467. The first-order valence-electron chi connectivity index (χ1n) is 7.46. The van der Waals surface area contributed by atoms with Gasteiger partial charge in [0.1, 0.15) is 0 Å². The molecule has 1 heterocycles. The smallest absolute Gasteiger partial charge is 0.416 e. The van der Waals surface area contributed by atoms with Crippen LogP contribution in [0.4, 0.5) is 18.0 Å². The fourth-order valence-electron chi connectivity index (χ4n) is 4.04. The van der Waals surface area contributed by atoms with E-state index in [0.29, 0.717) is 5.39 Å². The molecule has 4 atom stereocenters. The number of nitrogens with zero attached hydrogens (tertiary/aromatic N) is 1. The molecule has 4 N–H and O–H groups in total. The molecule has 0 spiro atoms. The minimum atomic E-state index is -4.53. The number of aromatic nitrogens is 2. The van der Waals surface area contributed by atoms with E-state index in [4.69, 9.17) is 5.11 Å². The number of aromatic amines is 1. The van der Waals surface area contributed by atoms with Crippen LogP contribution in [0.5, 0.6) is 0 Å². The Labute approximate surface area is 133 Å². The Bertz CT molecular complexity index is 820. The summed E-state index contributed by atoms with van der Waals surface area (Å²) in [7, 11) is 0. The minimum absolute atomic E-state index is 0.0532. The monoisotopic (exact) mass is 341 g/mol. The second-order valence-corrected chi connectivity index (χ2v) is 6.60. The summed E-state index contributed by atoms with van der Waals surface area (Å²) in [4.78, 5) is 10.7. The number of aliphatic hydroxyl groups is 1. The summed E-state index contributed by atoms with van der Waals surface area (Å²) in [6.07, 6.45) is -3.80. The Hall–Kier alpha value is -2.29. The molecular weight excluding hydrogens is 327 g/mol. The Morgan fingerprint density at radius 3 is 2.58 bits per heavy atom. The lowest BCUT2D eigenvalue weighted by atomic mass is 9.85. The van der Waals surface area contributed by atoms with Crippen LogP contribution in [0.3, 0.4) is 0 Å². The third-order valence-corrected chi connectivity index (χ3v) is 5.16. The van der Waals surface area contributed by atoms with Gasteiger partial charge in [0, 0.05) is 11.4 Å². The van der Waals surface area contributed by atoms with Crippen molar-refractivity contribution in [2.75, 3.05) is 0 Å². The molecule has 0 saturated heterocycles. The molecule has 0 unspecified atom stereocenters. The molecule has 4 rings (SSSR count). The maximum Gasteiger partial charge on any atom is 0.416 e. The van der Waals surface area contributed by atoms with Crippen molar-refractivity contribution in [3.8, 4) is 0 Å². The van der Waals surface area contributed by atoms with Crippen LogP contribution in [0.2, 0.25) is 0 Å². The summed E-state index contributed by atoms with van der Waals surface area (Å²) < 4.78 is 39.3. The van der Waals surface area contributed by atoms with Crippen LogP contribution in [-0.2, 0) is 11.8 Å². The molecule has 128 valence electrons. The van der Waals surface area contributed by atoms with Crippen LogP contribution in [0.1, 0.15) is 24.0 Å². The second-order valence-electron chi connectivity index (χ2n) is 6.60. The van der Waals surface area contributed by atoms with Gasteiger partial charge >= 0.3 is 12.3 Å². The molecule has 2 aliphatic carbocycles. The zero-order valence-electron chi connectivity index (χ0n) is 12.3. The summed E-state index contributed by atoms with van der Waals surface area (Å²) in [5.74, 6) is -0.106. The summed E-state index contributed by atoms with van der Waals surface area (Å²) in [5, 5.41) is 28.8. The number of carboxylic acid groups (broad SMARTS) is 1. The number of halogens is 3. The first-order valence-corrected chi connectivity index (χ1v) is 7.46. The number of fused-ring (bicyclic) bond motifs is 2. The number of hydrogen-bond donors (Lipinski definition) is 4. The van der Waals surface area contributed by atoms with Crippen LogP contribution in [-0.4, -0.2) is 32.5 Å². The lowest BCUT2D eigenvalue weighted by Crippen LogP contribution is -2.32. The lowest BCUT2D eigenvalue weighted by Gasteiger charge is -2.28. The topological polar surface area (TPSA) is 98.2 Å². The maximum atomic E-state index is 13.1. The largest absolute Gasteiger partial charge is 0.465 e. The van der Waals surface area contributed by atoms with Crippen molar-refractivity contribution in [3.05, 3.63) is 29.5 Å². The Kier molecular flexibility index (Phi) is 2.94. The fourth-order valence-corrected chi connectivity index (χ4v) is 4.04. The van der Waals surface area contributed by atoms with Crippen LogP contribution < -0.4 is 5.32 Å². The van der Waals surface area contributed by atoms with Crippen molar-refractivity contribution in [1.29, 1.82) is 0 Å². The minimum Gasteiger partial charge on any atom is -0.465 e. The van der Waals surface area contributed by atoms with Gasteiger partial charge in [0.05, 0.1) is 22.9 Å². The van der Waals surface area contributed by atoms with Crippen LogP contribution >= 0.6 is 0 Å². The Morgan fingerprint density at radius 2 is 2.00 bits per heavy atom. The van der Waals surface area contributed by atoms with Gasteiger partial charge in [-0.3, -0.25) is 5.10 Å². The van der Waals surface area contributed by atoms with E-state index in [1.807, 2.05) is 0 Å². The highest BCUT2D eigenvalue weighted by molar-refractivity contribution is 5.83. The maximum absolute atomic E-state index is 13.1. The number of H-pyrrole nitrogens is 1. The van der Waals surface area contributed by atoms with E-state index < -0.39 is 23.4 Å². The third-order valence-electron chi connectivity index (χ3n) is 5.16. The molecule has 0 radical (unpaired) electrons. The van der Waals surface area contributed by atoms with Crippen molar-refractivity contribution in [2.45, 2.75) is 30.7 Å². The van der Waals surface area contributed by atoms with E-state index in [9.17, 15) is 23.1 Å². The van der Waals surface area contributed by atoms with E-state index >= 15 is 0 Å². The second kappa shape index (κ2) is 4.62. The standard InChI is InChI=1S/C15H14F3N3O3/c16-15(17,18)6-1-10(9-5-19-21-11(9)2-6)14(24)3-7-8(4-14)12(7)20-13(22)23/h1-2,5,7-8,12,20,24H,3-4H2,(H,19,21)(H,22,23)/t7-,8+,12-,14+. The zero-order valence-corrected chi connectivity index (χ0v) is 12.3. The summed E-state index contributed by atoms with van der Waals surface area (Å²) >= 11 is 0. The molecule has 2 aromatic rings. The lowest BCUT2D eigenvalue weighted by molar-refractivity contribution is -0.137. The van der Waals surface area contributed by atoms with Gasteiger partial charge in [-0.1, -0.05) is 0 Å².